The average molecular weight is 288 g/mol. The zero-order valence-corrected chi connectivity index (χ0v) is 14.3. The molecule has 1 aromatic rings. The van der Waals surface area contributed by atoms with E-state index < -0.39 is 8.32 Å². The van der Waals surface area contributed by atoms with E-state index in [0.717, 1.165) is 17.4 Å². The van der Waals surface area contributed by atoms with Crippen LogP contribution in [0.1, 0.15) is 42.3 Å². The molecule has 3 heteroatoms. The number of carbonyl (C=O) groups excluding carboxylic acids is 1. The molecule has 0 saturated heterocycles. The fraction of sp³-hybridized carbons (Fsp3) is 0.471. The standard InChI is InChI=1S/C17H24O2Si/c1-14-12-15(9-10-16(14)13-18)8-7-11-19-20(5,6)17(2,3)4/h9-10,12-13H,11H2,1-6H3. The molecule has 108 valence electrons. The van der Waals surface area contributed by atoms with Crippen molar-refractivity contribution in [1.82, 2.24) is 0 Å². The molecule has 1 rings (SSSR count). The fourth-order valence-electron chi connectivity index (χ4n) is 1.46. The number of aldehydes is 1. The van der Waals surface area contributed by atoms with E-state index in [-0.39, 0.29) is 5.04 Å². The molecule has 1 aromatic carbocycles. The Morgan fingerprint density at radius 3 is 2.45 bits per heavy atom. The van der Waals surface area contributed by atoms with Gasteiger partial charge in [0.1, 0.15) is 6.29 Å². The zero-order chi connectivity index (χ0) is 15.4. The van der Waals surface area contributed by atoms with Gasteiger partial charge in [0.15, 0.2) is 8.32 Å². The Bertz CT molecular complexity index is 542. The molecule has 0 unspecified atom stereocenters. The van der Waals surface area contributed by atoms with Crippen LogP contribution in [0.15, 0.2) is 18.2 Å². The molecular weight excluding hydrogens is 264 g/mol. The van der Waals surface area contributed by atoms with Crippen molar-refractivity contribution >= 4 is 14.6 Å². The highest BCUT2D eigenvalue weighted by Gasteiger charge is 2.36. The van der Waals surface area contributed by atoms with Crippen LogP contribution < -0.4 is 0 Å². The van der Waals surface area contributed by atoms with Gasteiger partial charge in [0.25, 0.3) is 0 Å². The summed E-state index contributed by atoms with van der Waals surface area (Å²) in [5, 5.41) is 0.205. The summed E-state index contributed by atoms with van der Waals surface area (Å²) in [5.74, 6) is 6.16. The van der Waals surface area contributed by atoms with E-state index in [9.17, 15) is 4.79 Å². The smallest absolute Gasteiger partial charge is 0.193 e. The van der Waals surface area contributed by atoms with Crippen LogP contribution in [-0.4, -0.2) is 21.2 Å². The Morgan fingerprint density at radius 1 is 1.30 bits per heavy atom. The second-order valence-electron chi connectivity index (χ2n) is 6.54. The zero-order valence-electron chi connectivity index (χ0n) is 13.3. The van der Waals surface area contributed by atoms with Crippen molar-refractivity contribution in [2.75, 3.05) is 6.61 Å². The van der Waals surface area contributed by atoms with Crippen molar-refractivity contribution in [2.45, 2.75) is 45.8 Å². The topological polar surface area (TPSA) is 26.3 Å². The van der Waals surface area contributed by atoms with Crippen molar-refractivity contribution < 1.29 is 9.22 Å². The average Bonchev–Trinajstić information content (AvgIpc) is 2.33. The van der Waals surface area contributed by atoms with E-state index >= 15 is 0 Å². The molecule has 0 fully saturated rings. The van der Waals surface area contributed by atoms with Gasteiger partial charge in [-0.05, 0) is 42.8 Å². The van der Waals surface area contributed by atoms with Crippen LogP contribution in [0.3, 0.4) is 0 Å². The van der Waals surface area contributed by atoms with Gasteiger partial charge >= 0.3 is 0 Å². The number of benzene rings is 1. The first kappa shape index (κ1) is 16.7. The van der Waals surface area contributed by atoms with Crippen LogP contribution in [0.2, 0.25) is 18.1 Å². The maximum Gasteiger partial charge on any atom is 0.193 e. The molecule has 0 spiro atoms. The lowest BCUT2D eigenvalue weighted by molar-refractivity contribution is 0.112. The van der Waals surface area contributed by atoms with Crippen molar-refractivity contribution in [3.8, 4) is 11.8 Å². The predicted molar refractivity (Wildman–Crippen MR) is 86.6 cm³/mol. The highest BCUT2D eigenvalue weighted by molar-refractivity contribution is 6.74. The summed E-state index contributed by atoms with van der Waals surface area (Å²) in [7, 11) is -1.72. The maximum atomic E-state index is 10.8. The van der Waals surface area contributed by atoms with Crippen molar-refractivity contribution in [3.63, 3.8) is 0 Å². The lowest BCUT2D eigenvalue weighted by Crippen LogP contribution is -2.40. The second-order valence-corrected chi connectivity index (χ2v) is 11.3. The number of rotatable bonds is 3. The lowest BCUT2D eigenvalue weighted by atomic mass is 10.1. The van der Waals surface area contributed by atoms with Gasteiger partial charge in [0.05, 0.1) is 6.61 Å². The molecular formula is C17H24O2Si. The Balaban J connectivity index is 2.68. The van der Waals surface area contributed by atoms with Gasteiger partial charge in [-0.25, -0.2) is 0 Å². The molecule has 0 amide bonds. The number of hydrogen-bond acceptors (Lipinski definition) is 2. The van der Waals surface area contributed by atoms with Gasteiger partial charge in [0.2, 0.25) is 0 Å². The van der Waals surface area contributed by atoms with E-state index in [2.05, 4.69) is 45.7 Å². The van der Waals surface area contributed by atoms with Gasteiger partial charge in [-0.1, -0.05) is 38.7 Å². The number of carbonyl (C=O) groups is 1. The quantitative estimate of drug-likeness (QED) is 0.474. The molecule has 0 saturated carbocycles. The maximum absolute atomic E-state index is 10.8. The first-order valence-corrected chi connectivity index (χ1v) is 9.77. The van der Waals surface area contributed by atoms with Gasteiger partial charge in [-0.3, -0.25) is 4.79 Å². The van der Waals surface area contributed by atoms with Crippen molar-refractivity contribution in [3.05, 3.63) is 34.9 Å². The first-order valence-electron chi connectivity index (χ1n) is 6.86. The summed E-state index contributed by atoms with van der Waals surface area (Å²) in [6.07, 6.45) is 0.868. The molecule has 0 radical (unpaired) electrons. The van der Waals surface area contributed by atoms with Crippen LogP contribution in [0, 0.1) is 18.8 Å². The predicted octanol–water partition coefficient (Wildman–Crippen LogP) is 4.18. The van der Waals surface area contributed by atoms with Crippen LogP contribution in [0.5, 0.6) is 0 Å². The molecule has 0 heterocycles. The van der Waals surface area contributed by atoms with Gasteiger partial charge in [-0.15, -0.1) is 0 Å². The van der Waals surface area contributed by atoms with Crippen LogP contribution >= 0.6 is 0 Å². The summed E-state index contributed by atoms with van der Waals surface area (Å²) in [6.45, 7) is 13.5. The lowest BCUT2D eigenvalue weighted by Gasteiger charge is -2.35. The molecule has 0 aliphatic carbocycles. The number of hydrogen-bond donors (Lipinski definition) is 0. The minimum absolute atomic E-state index is 0.205. The van der Waals surface area contributed by atoms with Crippen LogP contribution in [0.25, 0.3) is 0 Å². The van der Waals surface area contributed by atoms with E-state index in [1.165, 1.54) is 0 Å². The van der Waals surface area contributed by atoms with Gasteiger partial charge < -0.3 is 4.43 Å². The monoisotopic (exact) mass is 288 g/mol. The normalized spacial score (nSPS) is 11.7. The van der Waals surface area contributed by atoms with Crippen molar-refractivity contribution in [2.24, 2.45) is 0 Å². The molecule has 0 aliphatic rings. The summed E-state index contributed by atoms with van der Waals surface area (Å²) in [5.41, 5.74) is 2.59. The molecule has 20 heavy (non-hydrogen) atoms. The molecule has 0 N–H and O–H groups in total. The van der Waals surface area contributed by atoms with E-state index in [0.29, 0.717) is 12.2 Å². The highest BCUT2D eigenvalue weighted by atomic mass is 28.4. The summed E-state index contributed by atoms with van der Waals surface area (Å²) in [4.78, 5) is 10.8. The van der Waals surface area contributed by atoms with E-state index in [4.69, 9.17) is 4.43 Å². The Hall–Kier alpha value is -1.37. The summed E-state index contributed by atoms with van der Waals surface area (Å²) >= 11 is 0. The molecule has 0 aliphatic heterocycles. The van der Waals surface area contributed by atoms with Crippen LogP contribution in [-0.2, 0) is 4.43 Å². The third-order valence-electron chi connectivity index (χ3n) is 3.94. The van der Waals surface area contributed by atoms with E-state index in [1.54, 1.807) is 6.07 Å². The second kappa shape index (κ2) is 6.38. The third kappa shape index (κ3) is 4.33. The fourth-order valence-corrected chi connectivity index (χ4v) is 2.32. The minimum Gasteiger partial charge on any atom is -0.406 e. The largest absolute Gasteiger partial charge is 0.406 e. The van der Waals surface area contributed by atoms with Crippen LogP contribution in [0.4, 0.5) is 0 Å². The van der Waals surface area contributed by atoms with Gasteiger partial charge in [0, 0.05) is 11.1 Å². The Kier molecular flexibility index (Phi) is 5.32. The molecule has 0 bridgehead atoms. The Labute approximate surface area is 123 Å². The number of aryl methyl sites for hydroxylation is 1. The third-order valence-corrected chi connectivity index (χ3v) is 8.42. The first-order chi connectivity index (χ1) is 9.17. The molecule has 2 nitrogen and oxygen atoms in total. The van der Waals surface area contributed by atoms with Gasteiger partial charge in [-0.2, -0.15) is 0 Å². The molecule has 0 atom stereocenters. The summed E-state index contributed by atoms with van der Waals surface area (Å²) < 4.78 is 6.00. The minimum atomic E-state index is -1.72. The SMILES string of the molecule is Cc1cc(C#CCO[Si](C)(C)C(C)(C)C)ccc1C=O. The highest BCUT2D eigenvalue weighted by Crippen LogP contribution is 2.36. The van der Waals surface area contributed by atoms with E-state index in [1.807, 2.05) is 19.1 Å². The van der Waals surface area contributed by atoms with Crippen molar-refractivity contribution in [1.29, 1.82) is 0 Å². The summed E-state index contributed by atoms with van der Waals surface area (Å²) in [6, 6.07) is 5.61. The Morgan fingerprint density at radius 2 is 1.95 bits per heavy atom. The molecule has 0 aromatic heterocycles.